The first kappa shape index (κ1) is 38.7. The van der Waals surface area contributed by atoms with Crippen LogP contribution in [0.5, 0.6) is 11.5 Å². The Hall–Kier alpha value is -4.12. The molecule has 1 heterocycles. The highest BCUT2D eigenvalue weighted by molar-refractivity contribution is 6.36. The maximum atomic E-state index is 13.8. The summed E-state index contributed by atoms with van der Waals surface area (Å²) in [6.45, 7) is 2.14. The molecule has 0 bridgehead atoms. The standard InChI is InChI=1S/C37H43Cl3N4O6/c1-3-4-5-6-7-8-9-10-11-15-18-32(45)41-27-19-20-28(39)30(23-27)42-35-34(50-37(47)49-24-25-16-13-12-14-17-25)36(46)44(43-35)33-29(40)21-26(38)22-31(33)48-2/h12-14,16-17,19-23,42-43H,3-11,15,18,24H2,1-2H3,(H,41,45). The van der Waals surface area contributed by atoms with E-state index in [0.29, 0.717) is 17.8 Å². The molecule has 0 aliphatic heterocycles. The fourth-order valence-corrected chi connectivity index (χ4v) is 6.06. The summed E-state index contributed by atoms with van der Waals surface area (Å²) in [7, 11) is 1.40. The number of aromatic nitrogens is 2. The Morgan fingerprint density at radius 3 is 2.20 bits per heavy atom. The highest BCUT2D eigenvalue weighted by Gasteiger charge is 2.25. The summed E-state index contributed by atoms with van der Waals surface area (Å²) in [6.07, 6.45) is 11.1. The molecule has 1 aromatic heterocycles. The summed E-state index contributed by atoms with van der Waals surface area (Å²) in [5.74, 6) is -0.411. The van der Waals surface area contributed by atoms with Gasteiger partial charge in [-0.3, -0.25) is 14.7 Å². The summed E-state index contributed by atoms with van der Waals surface area (Å²) in [5.41, 5.74) is 0.865. The molecule has 4 rings (SSSR count). The Morgan fingerprint density at radius 1 is 0.840 bits per heavy atom. The zero-order valence-electron chi connectivity index (χ0n) is 28.3. The number of hydrogen-bond acceptors (Lipinski definition) is 7. The molecule has 0 atom stereocenters. The topological polar surface area (TPSA) is 124 Å². The van der Waals surface area contributed by atoms with E-state index in [0.717, 1.165) is 29.5 Å². The Kier molecular flexibility index (Phi) is 15.4. The van der Waals surface area contributed by atoms with Crippen molar-refractivity contribution in [2.75, 3.05) is 17.7 Å². The Labute approximate surface area is 307 Å². The number of unbranched alkanes of at least 4 members (excludes halogenated alkanes) is 9. The minimum atomic E-state index is -1.12. The zero-order valence-corrected chi connectivity index (χ0v) is 30.6. The van der Waals surface area contributed by atoms with Crippen LogP contribution < -0.4 is 25.7 Å². The molecule has 0 aliphatic rings. The first-order valence-corrected chi connectivity index (χ1v) is 18.0. The molecule has 268 valence electrons. The van der Waals surface area contributed by atoms with E-state index in [-0.39, 0.29) is 44.8 Å². The van der Waals surface area contributed by atoms with Crippen molar-refractivity contribution in [1.82, 2.24) is 9.78 Å². The van der Waals surface area contributed by atoms with Gasteiger partial charge in [0, 0.05) is 23.2 Å². The monoisotopic (exact) mass is 744 g/mol. The van der Waals surface area contributed by atoms with Crippen molar-refractivity contribution in [1.29, 1.82) is 0 Å². The summed E-state index contributed by atoms with van der Waals surface area (Å²) in [5, 5.41) is 9.46. The third kappa shape index (κ3) is 11.5. The first-order chi connectivity index (χ1) is 24.2. The van der Waals surface area contributed by atoms with Crippen molar-refractivity contribution in [2.24, 2.45) is 0 Å². The SMILES string of the molecule is CCCCCCCCCCCCC(=O)Nc1ccc(Cl)c(Nc2[nH]n(-c3c(Cl)cc(Cl)cc3OC)c(=O)c2OC(=O)OCc2ccccc2)c1. The molecule has 0 saturated carbocycles. The fraction of sp³-hybridized carbons (Fsp3) is 0.378. The molecular formula is C37H43Cl3N4O6. The second-order valence-electron chi connectivity index (χ2n) is 11.8. The second kappa shape index (κ2) is 19.9. The molecule has 0 spiro atoms. The lowest BCUT2D eigenvalue weighted by molar-refractivity contribution is -0.116. The smallest absolute Gasteiger partial charge is 0.494 e. The molecule has 4 aromatic rings. The van der Waals surface area contributed by atoms with Crippen LogP contribution in [-0.4, -0.2) is 29.0 Å². The van der Waals surface area contributed by atoms with Crippen LogP contribution in [0.25, 0.3) is 5.69 Å². The number of carbonyl (C=O) groups is 2. The number of carbonyl (C=O) groups excluding carboxylic acids is 2. The number of amides is 1. The average Bonchev–Trinajstić information content (AvgIpc) is 3.39. The number of rotatable bonds is 19. The molecule has 3 aromatic carbocycles. The number of nitrogens with one attached hydrogen (secondary N) is 3. The number of aromatic amines is 1. The van der Waals surface area contributed by atoms with Crippen LogP contribution in [0.15, 0.2) is 65.5 Å². The van der Waals surface area contributed by atoms with Crippen molar-refractivity contribution >= 4 is 64.1 Å². The largest absolute Gasteiger partial charge is 0.514 e. The van der Waals surface area contributed by atoms with Gasteiger partial charge in [-0.15, -0.1) is 0 Å². The van der Waals surface area contributed by atoms with E-state index in [1.165, 1.54) is 64.2 Å². The molecule has 3 N–H and O–H groups in total. The lowest BCUT2D eigenvalue weighted by atomic mass is 10.1. The van der Waals surface area contributed by atoms with Gasteiger partial charge in [0.2, 0.25) is 11.7 Å². The van der Waals surface area contributed by atoms with E-state index in [1.54, 1.807) is 42.5 Å². The number of nitrogens with zero attached hydrogens (tertiary/aromatic N) is 1. The molecule has 0 aliphatic carbocycles. The van der Waals surface area contributed by atoms with Gasteiger partial charge in [0.15, 0.2) is 5.82 Å². The van der Waals surface area contributed by atoms with Crippen LogP contribution in [-0.2, 0) is 16.1 Å². The van der Waals surface area contributed by atoms with Gasteiger partial charge in [-0.1, -0.05) is 130 Å². The quantitative estimate of drug-likeness (QED) is 0.0645. The number of methoxy groups -OCH3 is 1. The number of hydrogen-bond donors (Lipinski definition) is 3. The number of ether oxygens (including phenoxy) is 3. The van der Waals surface area contributed by atoms with Gasteiger partial charge >= 0.3 is 11.7 Å². The van der Waals surface area contributed by atoms with E-state index >= 15 is 0 Å². The van der Waals surface area contributed by atoms with E-state index < -0.39 is 17.5 Å². The minimum absolute atomic E-state index is 0.0459. The Balaban J connectivity index is 1.48. The van der Waals surface area contributed by atoms with Crippen molar-refractivity contribution in [3.8, 4) is 17.2 Å². The zero-order chi connectivity index (χ0) is 35.9. The van der Waals surface area contributed by atoms with Gasteiger partial charge in [-0.25, -0.2) is 9.48 Å². The van der Waals surface area contributed by atoms with Crippen molar-refractivity contribution < 1.29 is 23.8 Å². The fourth-order valence-electron chi connectivity index (χ4n) is 5.33. The first-order valence-electron chi connectivity index (χ1n) is 16.8. The van der Waals surface area contributed by atoms with E-state index in [9.17, 15) is 14.4 Å². The van der Waals surface area contributed by atoms with Gasteiger partial charge < -0.3 is 24.8 Å². The lowest BCUT2D eigenvalue weighted by Crippen LogP contribution is -2.20. The molecule has 50 heavy (non-hydrogen) atoms. The average molecular weight is 746 g/mol. The van der Waals surface area contributed by atoms with Gasteiger partial charge in [-0.2, -0.15) is 0 Å². The summed E-state index contributed by atoms with van der Waals surface area (Å²) < 4.78 is 17.2. The van der Waals surface area contributed by atoms with Gasteiger partial charge in [0.1, 0.15) is 18.0 Å². The molecule has 1 amide bonds. The molecular weight excluding hydrogens is 703 g/mol. The molecule has 0 radical (unpaired) electrons. The van der Waals surface area contributed by atoms with Crippen LogP contribution in [0.3, 0.4) is 0 Å². The third-order valence-corrected chi connectivity index (χ3v) is 8.77. The van der Waals surface area contributed by atoms with Crippen LogP contribution >= 0.6 is 34.8 Å². The number of H-pyrrole nitrogens is 1. The molecule has 0 fully saturated rings. The highest BCUT2D eigenvalue weighted by Crippen LogP contribution is 2.36. The van der Waals surface area contributed by atoms with Gasteiger partial charge in [0.25, 0.3) is 0 Å². The summed E-state index contributed by atoms with van der Waals surface area (Å²) in [6, 6.07) is 16.8. The van der Waals surface area contributed by atoms with Gasteiger partial charge in [-0.05, 0) is 36.2 Å². The Bertz CT molecular complexity index is 1780. The maximum Gasteiger partial charge on any atom is 0.514 e. The second-order valence-corrected chi connectivity index (χ2v) is 13.1. The minimum Gasteiger partial charge on any atom is -0.494 e. The third-order valence-electron chi connectivity index (χ3n) is 7.94. The van der Waals surface area contributed by atoms with Gasteiger partial charge in [0.05, 0.1) is 22.8 Å². The van der Waals surface area contributed by atoms with E-state index in [2.05, 4.69) is 22.7 Å². The summed E-state index contributed by atoms with van der Waals surface area (Å²) >= 11 is 19.2. The van der Waals surface area contributed by atoms with Crippen LogP contribution in [0.4, 0.5) is 22.0 Å². The molecule has 13 heteroatoms. The van der Waals surface area contributed by atoms with Crippen LogP contribution in [0.2, 0.25) is 15.1 Å². The highest BCUT2D eigenvalue weighted by atomic mass is 35.5. The number of benzene rings is 3. The Morgan fingerprint density at radius 2 is 1.52 bits per heavy atom. The molecule has 0 unspecified atom stereocenters. The summed E-state index contributed by atoms with van der Waals surface area (Å²) in [4.78, 5) is 39.3. The van der Waals surface area contributed by atoms with Crippen molar-refractivity contribution in [3.63, 3.8) is 0 Å². The van der Waals surface area contributed by atoms with Crippen molar-refractivity contribution in [3.05, 3.63) is 91.6 Å². The van der Waals surface area contributed by atoms with Crippen LogP contribution in [0.1, 0.15) is 83.1 Å². The predicted octanol–water partition coefficient (Wildman–Crippen LogP) is 10.8. The maximum absolute atomic E-state index is 13.8. The lowest BCUT2D eigenvalue weighted by Gasteiger charge is -2.12. The number of halogens is 3. The number of anilines is 3. The molecule has 0 saturated heterocycles. The van der Waals surface area contributed by atoms with E-state index in [1.807, 2.05) is 6.07 Å². The van der Waals surface area contributed by atoms with Crippen molar-refractivity contribution in [2.45, 2.75) is 84.2 Å². The van der Waals surface area contributed by atoms with Crippen LogP contribution in [0, 0.1) is 0 Å². The predicted molar refractivity (Wildman–Crippen MR) is 200 cm³/mol. The normalized spacial score (nSPS) is 10.9. The molecule has 10 nitrogen and oxygen atoms in total. The van der Waals surface area contributed by atoms with E-state index in [4.69, 9.17) is 49.0 Å².